The summed E-state index contributed by atoms with van der Waals surface area (Å²) < 4.78 is 1.31. The van der Waals surface area contributed by atoms with Crippen LogP contribution in [0.3, 0.4) is 0 Å². The molecule has 2 atom stereocenters. The van der Waals surface area contributed by atoms with Crippen LogP contribution in [-0.2, 0) is 6.54 Å². The van der Waals surface area contributed by atoms with Gasteiger partial charge in [0, 0.05) is 32.6 Å². The molecule has 2 aliphatic rings. The van der Waals surface area contributed by atoms with E-state index in [0.717, 1.165) is 13.1 Å². The summed E-state index contributed by atoms with van der Waals surface area (Å²) in [7, 11) is 2.07. The first-order chi connectivity index (χ1) is 11.3. The van der Waals surface area contributed by atoms with E-state index in [0.29, 0.717) is 0 Å². The highest BCUT2D eigenvalue weighted by Crippen LogP contribution is 2.20. The molecule has 1 aromatic rings. The molecule has 0 radical (unpaired) electrons. The molecule has 0 saturated carbocycles. The zero-order chi connectivity index (χ0) is 16.0. The van der Waals surface area contributed by atoms with Crippen molar-refractivity contribution in [2.45, 2.75) is 19.4 Å². The molecule has 4 nitrogen and oxygen atoms in total. The average Bonchev–Trinajstić information content (AvgIpc) is 3.00. The van der Waals surface area contributed by atoms with E-state index in [1.165, 1.54) is 75.4 Å². The first-order valence-electron chi connectivity index (χ1n) is 9.28. The Bertz CT molecular complexity index is 464. The Labute approximate surface area is 141 Å². The maximum absolute atomic E-state index is 3.31. The topological polar surface area (TPSA) is 18.5 Å². The van der Waals surface area contributed by atoms with E-state index in [-0.39, 0.29) is 0 Å². The molecule has 2 unspecified atom stereocenters. The van der Waals surface area contributed by atoms with Crippen LogP contribution in [0.25, 0.3) is 0 Å². The number of benzene rings is 1. The molecule has 2 heterocycles. The second-order valence-corrected chi connectivity index (χ2v) is 7.34. The Kier molecular flexibility index (Phi) is 6.06. The van der Waals surface area contributed by atoms with Gasteiger partial charge in [0.2, 0.25) is 0 Å². The SMILES string of the molecule is CNCCC[N+]12CCN(Cc3ccccc3)CCCN(CC1)C2. The standard InChI is InChI=1S/C19H33N4/c1-20-9-5-14-23-15-12-21(17-19-7-3-2-4-8-19)10-6-11-22(18-23)13-16-23/h2-4,7-8,20H,5-6,9-18H2,1H3/q+1. The Morgan fingerprint density at radius 1 is 1.04 bits per heavy atom. The van der Waals surface area contributed by atoms with Crippen molar-refractivity contribution in [3.8, 4) is 0 Å². The number of nitrogens with one attached hydrogen (secondary N) is 1. The van der Waals surface area contributed by atoms with E-state index >= 15 is 0 Å². The summed E-state index contributed by atoms with van der Waals surface area (Å²) in [6.45, 7) is 12.6. The molecule has 1 N–H and O–H groups in total. The summed E-state index contributed by atoms with van der Waals surface area (Å²) in [6, 6.07) is 11.0. The normalized spacial score (nSPS) is 29.0. The predicted octanol–water partition coefficient (Wildman–Crippen LogP) is 1.59. The fraction of sp³-hybridized carbons (Fsp3) is 0.684. The lowest BCUT2D eigenvalue weighted by atomic mass is 10.2. The summed E-state index contributed by atoms with van der Waals surface area (Å²) in [5.41, 5.74) is 1.45. The smallest absolute Gasteiger partial charge is 0.135 e. The van der Waals surface area contributed by atoms with E-state index in [1.54, 1.807) is 0 Å². The van der Waals surface area contributed by atoms with Gasteiger partial charge in [0.1, 0.15) is 6.67 Å². The second kappa shape index (κ2) is 8.25. The van der Waals surface area contributed by atoms with Crippen LogP contribution < -0.4 is 5.32 Å². The maximum Gasteiger partial charge on any atom is 0.135 e. The van der Waals surface area contributed by atoms with E-state index in [2.05, 4.69) is 52.5 Å². The third kappa shape index (κ3) is 4.77. The van der Waals surface area contributed by atoms with Gasteiger partial charge in [-0.15, -0.1) is 0 Å². The van der Waals surface area contributed by atoms with Crippen LogP contribution in [0.1, 0.15) is 18.4 Å². The van der Waals surface area contributed by atoms with E-state index in [9.17, 15) is 0 Å². The molecule has 128 valence electrons. The zero-order valence-electron chi connectivity index (χ0n) is 14.7. The Balaban J connectivity index is 1.61. The fourth-order valence-corrected chi connectivity index (χ4v) is 4.15. The molecule has 3 rings (SSSR count). The van der Waals surface area contributed by atoms with Gasteiger partial charge in [0.05, 0.1) is 26.2 Å². The molecule has 2 fully saturated rings. The minimum atomic E-state index is 1.11. The Morgan fingerprint density at radius 2 is 1.87 bits per heavy atom. The highest BCUT2D eigenvalue weighted by atomic mass is 15.5. The third-order valence-electron chi connectivity index (χ3n) is 5.54. The molecule has 2 bridgehead atoms. The van der Waals surface area contributed by atoms with Crippen LogP contribution in [0.2, 0.25) is 0 Å². The van der Waals surface area contributed by atoms with Gasteiger partial charge in [0.15, 0.2) is 0 Å². The first kappa shape index (κ1) is 16.9. The molecular weight excluding hydrogens is 284 g/mol. The van der Waals surface area contributed by atoms with Gasteiger partial charge in [0.25, 0.3) is 0 Å². The number of rotatable bonds is 6. The second-order valence-electron chi connectivity index (χ2n) is 7.34. The molecule has 0 aromatic heterocycles. The predicted molar refractivity (Wildman–Crippen MR) is 96.2 cm³/mol. The summed E-state index contributed by atoms with van der Waals surface area (Å²) >= 11 is 0. The number of quaternary nitrogens is 1. The van der Waals surface area contributed by atoms with Crippen molar-refractivity contribution in [3.05, 3.63) is 35.9 Å². The van der Waals surface area contributed by atoms with Crippen molar-refractivity contribution >= 4 is 0 Å². The van der Waals surface area contributed by atoms with Crippen molar-refractivity contribution in [3.63, 3.8) is 0 Å². The Hall–Kier alpha value is -0.940. The molecule has 0 aliphatic carbocycles. The minimum Gasteiger partial charge on any atom is -0.320 e. The van der Waals surface area contributed by atoms with Crippen LogP contribution in [0.5, 0.6) is 0 Å². The van der Waals surface area contributed by atoms with E-state index < -0.39 is 0 Å². The fourth-order valence-electron chi connectivity index (χ4n) is 4.15. The molecule has 23 heavy (non-hydrogen) atoms. The lowest BCUT2D eigenvalue weighted by Gasteiger charge is -2.35. The quantitative estimate of drug-likeness (QED) is 0.635. The monoisotopic (exact) mass is 317 g/mol. The third-order valence-corrected chi connectivity index (χ3v) is 5.54. The van der Waals surface area contributed by atoms with Gasteiger partial charge in [-0.3, -0.25) is 9.80 Å². The first-order valence-corrected chi connectivity index (χ1v) is 9.28. The summed E-state index contributed by atoms with van der Waals surface area (Å²) in [5.74, 6) is 0. The van der Waals surface area contributed by atoms with Crippen LogP contribution in [0.15, 0.2) is 30.3 Å². The molecule has 0 spiro atoms. The van der Waals surface area contributed by atoms with Gasteiger partial charge in [-0.25, -0.2) is 0 Å². The number of hydrogen-bond donors (Lipinski definition) is 1. The number of fused-ring (bicyclic) bond motifs is 2. The van der Waals surface area contributed by atoms with Crippen molar-refractivity contribution < 1.29 is 4.48 Å². The number of hydrogen-bond acceptors (Lipinski definition) is 3. The maximum atomic E-state index is 3.31. The summed E-state index contributed by atoms with van der Waals surface area (Å²) in [6.07, 6.45) is 2.60. The minimum absolute atomic E-state index is 1.11. The summed E-state index contributed by atoms with van der Waals surface area (Å²) in [5, 5.41) is 3.31. The average molecular weight is 318 g/mol. The molecule has 2 saturated heterocycles. The van der Waals surface area contributed by atoms with Crippen LogP contribution in [0.4, 0.5) is 0 Å². The molecule has 4 heteroatoms. The Morgan fingerprint density at radius 3 is 2.70 bits per heavy atom. The van der Waals surface area contributed by atoms with Crippen molar-refractivity contribution in [1.29, 1.82) is 0 Å². The molecular formula is C19H33N4+. The van der Waals surface area contributed by atoms with Crippen molar-refractivity contribution in [1.82, 2.24) is 15.1 Å². The summed E-state index contributed by atoms with van der Waals surface area (Å²) in [4.78, 5) is 5.38. The molecule has 0 amide bonds. The molecule has 2 aliphatic heterocycles. The van der Waals surface area contributed by atoms with E-state index in [4.69, 9.17) is 0 Å². The van der Waals surface area contributed by atoms with Gasteiger partial charge in [-0.2, -0.15) is 0 Å². The van der Waals surface area contributed by atoms with Gasteiger partial charge < -0.3 is 9.80 Å². The van der Waals surface area contributed by atoms with Crippen LogP contribution >= 0.6 is 0 Å². The van der Waals surface area contributed by atoms with Crippen molar-refractivity contribution in [2.24, 2.45) is 0 Å². The van der Waals surface area contributed by atoms with Crippen molar-refractivity contribution in [2.75, 3.05) is 66.1 Å². The highest BCUT2D eigenvalue weighted by Gasteiger charge is 2.36. The van der Waals surface area contributed by atoms with Gasteiger partial charge >= 0.3 is 0 Å². The van der Waals surface area contributed by atoms with Gasteiger partial charge in [-0.05, 0) is 25.6 Å². The van der Waals surface area contributed by atoms with Crippen LogP contribution in [0, 0.1) is 0 Å². The largest absolute Gasteiger partial charge is 0.320 e. The lowest BCUT2D eigenvalue weighted by Crippen LogP contribution is -2.51. The van der Waals surface area contributed by atoms with Crippen LogP contribution in [-0.4, -0.2) is 80.4 Å². The highest BCUT2D eigenvalue weighted by molar-refractivity contribution is 5.14. The van der Waals surface area contributed by atoms with E-state index in [1.807, 2.05) is 0 Å². The lowest BCUT2D eigenvalue weighted by molar-refractivity contribution is -0.920. The molecule has 1 aromatic carbocycles. The number of nitrogens with zero attached hydrogens (tertiary/aromatic N) is 3. The zero-order valence-corrected chi connectivity index (χ0v) is 14.7. The van der Waals surface area contributed by atoms with Gasteiger partial charge in [-0.1, -0.05) is 30.3 Å².